The second kappa shape index (κ2) is 2.01. The fraction of sp³-hybridized carbons (Fsp3) is 0.600. The zero-order chi connectivity index (χ0) is 8.98. The second-order valence-corrected chi connectivity index (χ2v) is 4.23. The number of hydrogen-bond donors (Lipinski definition) is 1. The minimum atomic E-state index is -0.196. The highest BCUT2D eigenvalue weighted by Gasteiger charge is 2.60. The van der Waals surface area contributed by atoms with Crippen molar-refractivity contribution in [2.24, 2.45) is 11.1 Å². The number of likely N-dealkylation sites (tertiary alicyclic amines) is 1. The van der Waals surface area contributed by atoms with E-state index in [2.05, 4.69) is 50.1 Å². The second-order valence-electron chi connectivity index (χ2n) is 4.23. The van der Waals surface area contributed by atoms with Crippen LogP contribution in [-0.4, -0.2) is 23.7 Å². The van der Waals surface area contributed by atoms with E-state index < -0.39 is 0 Å². The Balaban J connectivity index is 2.38. The van der Waals surface area contributed by atoms with Crippen molar-refractivity contribution in [1.29, 1.82) is 0 Å². The summed E-state index contributed by atoms with van der Waals surface area (Å²) in [5, 5.41) is 0. The standard InChI is InChI=1S/C10H16N2/c1-9-7-5-4-6-8(9)12(3)10(9,2)11/h4-8H,11H2,1-3H3. The van der Waals surface area contributed by atoms with E-state index in [1.165, 1.54) is 0 Å². The monoisotopic (exact) mass is 164 g/mol. The molecule has 2 nitrogen and oxygen atoms in total. The molecule has 1 aliphatic carbocycles. The first kappa shape index (κ1) is 8.02. The van der Waals surface area contributed by atoms with E-state index in [1.54, 1.807) is 0 Å². The molecule has 1 aliphatic heterocycles. The van der Waals surface area contributed by atoms with Gasteiger partial charge in [0.25, 0.3) is 0 Å². The number of allylic oxidation sites excluding steroid dienone is 2. The zero-order valence-electron chi connectivity index (χ0n) is 7.91. The molecule has 2 aliphatic rings. The lowest BCUT2D eigenvalue weighted by Gasteiger charge is -2.65. The van der Waals surface area contributed by atoms with Gasteiger partial charge in [-0.2, -0.15) is 0 Å². The molecule has 1 fully saturated rings. The Labute approximate surface area is 73.7 Å². The summed E-state index contributed by atoms with van der Waals surface area (Å²) in [6, 6.07) is 0.484. The molecule has 12 heavy (non-hydrogen) atoms. The van der Waals surface area contributed by atoms with E-state index in [0.29, 0.717) is 6.04 Å². The molecule has 0 aromatic carbocycles. The lowest BCUT2D eigenvalue weighted by molar-refractivity contribution is -0.128. The molecule has 0 radical (unpaired) electrons. The van der Waals surface area contributed by atoms with Crippen LogP contribution in [0.4, 0.5) is 0 Å². The lowest BCUT2D eigenvalue weighted by Crippen LogP contribution is -2.79. The third kappa shape index (κ3) is 0.632. The minimum absolute atomic E-state index is 0.122. The summed E-state index contributed by atoms with van der Waals surface area (Å²) in [5.41, 5.74) is 6.12. The largest absolute Gasteiger partial charge is 0.313 e. The molecule has 0 bridgehead atoms. The van der Waals surface area contributed by atoms with Crippen molar-refractivity contribution in [1.82, 2.24) is 4.90 Å². The Morgan fingerprint density at radius 3 is 2.58 bits per heavy atom. The SMILES string of the molecule is CN1C2C=CC=CC2(C)C1(C)N. The third-order valence-corrected chi connectivity index (χ3v) is 3.70. The van der Waals surface area contributed by atoms with Crippen LogP contribution in [0.5, 0.6) is 0 Å². The first-order valence-corrected chi connectivity index (χ1v) is 4.38. The highest BCUT2D eigenvalue weighted by Crippen LogP contribution is 2.51. The van der Waals surface area contributed by atoms with Crippen molar-refractivity contribution < 1.29 is 0 Å². The van der Waals surface area contributed by atoms with Crippen molar-refractivity contribution in [3.63, 3.8) is 0 Å². The van der Waals surface area contributed by atoms with Gasteiger partial charge >= 0.3 is 0 Å². The fourth-order valence-electron chi connectivity index (χ4n) is 2.33. The van der Waals surface area contributed by atoms with E-state index >= 15 is 0 Å². The maximum atomic E-state index is 6.19. The number of hydrogen-bond acceptors (Lipinski definition) is 2. The van der Waals surface area contributed by atoms with Gasteiger partial charge in [-0.1, -0.05) is 31.2 Å². The van der Waals surface area contributed by atoms with Crippen LogP contribution in [-0.2, 0) is 0 Å². The highest BCUT2D eigenvalue weighted by atomic mass is 15.4. The molecule has 66 valence electrons. The molecule has 1 heterocycles. The predicted molar refractivity (Wildman–Crippen MR) is 50.5 cm³/mol. The average Bonchev–Trinajstić information content (AvgIpc) is 2.04. The van der Waals surface area contributed by atoms with Crippen LogP contribution >= 0.6 is 0 Å². The van der Waals surface area contributed by atoms with Crippen molar-refractivity contribution in [2.75, 3.05) is 7.05 Å². The normalized spacial score (nSPS) is 51.8. The summed E-state index contributed by atoms with van der Waals surface area (Å²) in [6.45, 7) is 4.31. The van der Waals surface area contributed by atoms with Gasteiger partial charge < -0.3 is 5.73 Å². The summed E-state index contributed by atoms with van der Waals surface area (Å²) in [7, 11) is 2.08. The Morgan fingerprint density at radius 1 is 1.33 bits per heavy atom. The van der Waals surface area contributed by atoms with Gasteiger partial charge in [-0.3, -0.25) is 4.90 Å². The van der Waals surface area contributed by atoms with Crippen LogP contribution in [0.25, 0.3) is 0 Å². The van der Waals surface area contributed by atoms with Gasteiger partial charge in [0.05, 0.1) is 5.66 Å². The van der Waals surface area contributed by atoms with Crippen molar-refractivity contribution in [2.45, 2.75) is 25.6 Å². The molecule has 0 saturated carbocycles. The van der Waals surface area contributed by atoms with Gasteiger partial charge in [0.2, 0.25) is 0 Å². The Hall–Kier alpha value is -0.600. The molecule has 0 spiro atoms. The van der Waals surface area contributed by atoms with Crippen molar-refractivity contribution in [3.05, 3.63) is 24.3 Å². The smallest absolute Gasteiger partial charge is 0.0769 e. The summed E-state index contributed by atoms with van der Waals surface area (Å²) < 4.78 is 0. The fourth-order valence-corrected chi connectivity index (χ4v) is 2.33. The van der Waals surface area contributed by atoms with E-state index in [9.17, 15) is 0 Å². The molecule has 3 unspecified atom stereocenters. The maximum absolute atomic E-state index is 6.19. The summed E-state index contributed by atoms with van der Waals surface area (Å²) in [4.78, 5) is 2.22. The Kier molecular flexibility index (Phi) is 1.34. The molecular formula is C10H16N2. The van der Waals surface area contributed by atoms with E-state index in [4.69, 9.17) is 5.73 Å². The first-order chi connectivity index (χ1) is 5.50. The zero-order valence-corrected chi connectivity index (χ0v) is 7.91. The van der Waals surface area contributed by atoms with Gasteiger partial charge in [0, 0.05) is 11.5 Å². The van der Waals surface area contributed by atoms with Crippen LogP contribution in [0.3, 0.4) is 0 Å². The number of fused-ring (bicyclic) bond motifs is 1. The van der Waals surface area contributed by atoms with Crippen molar-refractivity contribution >= 4 is 0 Å². The summed E-state index contributed by atoms with van der Waals surface area (Å²) in [6.07, 6.45) is 8.62. The quantitative estimate of drug-likeness (QED) is 0.581. The molecule has 3 atom stereocenters. The molecule has 0 aromatic heterocycles. The molecule has 0 aromatic rings. The predicted octanol–water partition coefficient (Wildman–Crippen LogP) is 1.11. The Bertz CT molecular complexity index is 265. The van der Waals surface area contributed by atoms with E-state index in [0.717, 1.165) is 0 Å². The van der Waals surface area contributed by atoms with Crippen molar-refractivity contribution in [3.8, 4) is 0 Å². The van der Waals surface area contributed by atoms with Crippen LogP contribution in [0.15, 0.2) is 24.3 Å². The van der Waals surface area contributed by atoms with Gasteiger partial charge in [0.1, 0.15) is 0 Å². The van der Waals surface area contributed by atoms with E-state index in [-0.39, 0.29) is 11.1 Å². The van der Waals surface area contributed by atoms with Gasteiger partial charge in [-0.25, -0.2) is 0 Å². The number of nitrogens with two attached hydrogens (primary N) is 1. The molecule has 1 saturated heterocycles. The minimum Gasteiger partial charge on any atom is -0.313 e. The summed E-state index contributed by atoms with van der Waals surface area (Å²) >= 11 is 0. The number of likely N-dealkylation sites (N-methyl/N-ethyl adjacent to an activating group) is 1. The topological polar surface area (TPSA) is 29.3 Å². The lowest BCUT2D eigenvalue weighted by atomic mass is 9.61. The highest BCUT2D eigenvalue weighted by molar-refractivity contribution is 5.33. The van der Waals surface area contributed by atoms with E-state index in [1.807, 2.05) is 0 Å². The van der Waals surface area contributed by atoms with Gasteiger partial charge in [0.15, 0.2) is 0 Å². The third-order valence-electron chi connectivity index (χ3n) is 3.70. The average molecular weight is 164 g/mol. The van der Waals surface area contributed by atoms with Crippen LogP contribution in [0, 0.1) is 5.41 Å². The maximum Gasteiger partial charge on any atom is 0.0769 e. The first-order valence-electron chi connectivity index (χ1n) is 4.38. The molecule has 0 amide bonds. The summed E-state index contributed by atoms with van der Waals surface area (Å²) in [5.74, 6) is 0. The molecule has 2 N–H and O–H groups in total. The Morgan fingerprint density at radius 2 is 2.00 bits per heavy atom. The number of nitrogens with zero attached hydrogens (tertiary/aromatic N) is 1. The number of rotatable bonds is 0. The molecule has 2 heteroatoms. The van der Waals surface area contributed by atoms with Gasteiger partial charge in [-0.15, -0.1) is 0 Å². The molecule has 2 rings (SSSR count). The van der Waals surface area contributed by atoms with Crippen LogP contribution in [0.2, 0.25) is 0 Å². The molecular weight excluding hydrogens is 148 g/mol. The van der Waals surface area contributed by atoms with Crippen LogP contribution in [0.1, 0.15) is 13.8 Å². The van der Waals surface area contributed by atoms with Crippen LogP contribution < -0.4 is 5.73 Å². The van der Waals surface area contributed by atoms with Gasteiger partial charge in [-0.05, 0) is 14.0 Å².